The first-order valence-corrected chi connectivity index (χ1v) is 6.52. The quantitative estimate of drug-likeness (QED) is 0.736. The molecule has 1 rings (SSSR count). The second kappa shape index (κ2) is 6.41. The third-order valence-corrected chi connectivity index (χ3v) is 2.93. The maximum absolute atomic E-state index is 11.9. The maximum atomic E-state index is 11.9. The lowest BCUT2D eigenvalue weighted by atomic mass is 9.91. The summed E-state index contributed by atoms with van der Waals surface area (Å²) < 4.78 is 14.9. The minimum absolute atomic E-state index is 0.0267. The van der Waals surface area contributed by atoms with E-state index in [1.54, 1.807) is 20.8 Å². The summed E-state index contributed by atoms with van der Waals surface area (Å²) in [4.78, 5) is 23.2. The summed E-state index contributed by atoms with van der Waals surface area (Å²) in [6, 6.07) is 0. The second-order valence-electron chi connectivity index (χ2n) is 5.95. The number of esters is 1. The maximum Gasteiger partial charge on any atom is 0.408 e. The summed E-state index contributed by atoms with van der Waals surface area (Å²) in [5, 5.41) is 12.5. The lowest BCUT2D eigenvalue weighted by Gasteiger charge is -2.31. The van der Waals surface area contributed by atoms with Crippen molar-refractivity contribution in [2.24, 2.45) is 0 Å². The molecule has 0 aromatic carbocycles. The van der Waals surface area contributed by atoms with Crippen LogP contribution in [0, 0.1) is 0 Å². The van der Waals surface area contributed by atoms with Crippen molar-refractivity contribution in [2.45, 2.75) is 50.9 Å². The van der Waals surface area contributed by atoms with Crippen LogP contribution in [0.1, 0.15) is 33.6 Å². The summed E-state index contributed by atoms with van der Waals surface area (Å²) in [6.45, 7) is 5.94. The molecule has 1 aliphatic heterocycles. The van der Waals surface area contributed by atoms with Crippen LogP contribution < -0.4 is 5.32 Å². The molecule has 2 N–H and O–H groups in total. The molecule has 7 nitrogen and oxygen atoms in total. The van der Waals surface area contributed by atoms with Gasteiger partial charge < -0.3 is 24.6 Å². The van der Waals surface area contributed by atoms with Gasteiger partial charge in [0.2, 0.25) is 0 Å². The van der Waals surface area contributed by atoms with E-state index in [9.17, 15) is 14.7 Å². The predicted molar refractivity (Wildman–Crippen MR) is 70.2 cm³/mol. The zero-order valence-corrected chi connectivity index (χ0v) is 12.4. The molecule has 0 aromatic rings. The van der Waals surface area contributed by atoms with Gasteiger partial charge in [-0.1, -0.05) is 0 Å². The van der Waals surface area contributed by atoms with Crippen LogP contribution >= 0.6 is 0 Å². The minimum atomic E-state index is -1.31. The topological polar surface area (TPSA) is 94.1 Å². The molecule has 2 atom stereocenters. The minimum Gasteiger partial charge on any atom is -0.467 e. The molecular formula is C13H23NO6. The first-order chi connectivity index (χ1) is 9.17. The van der Waals surface area contributed by atoms with Gasteiger partial charge in [-0.25, -0.2) is 9.59 Å². The number of aliphatic hydroxyl groups is 1. The fraction of sp³-hybridized carbons (Fsp3) is 0.846. The Hall–Kier alpha value is -1.34. The molecule has 0 bridgehead atoms. The highest BCUT2D eigenvalue weighted by Crippen LogP contribution is 2.25. The van der Waals surface area contributed by atoms with Crippen molar-refractivity contribution in [2.75, 3.05) is 20.3 Å². The van der Waals surface area contributed by atoms with Gasteiger partial charge in [-0.2, -0.15) is 0 Å². The lowest BCUT2D eigenvalue weighted by molar-refractivity contribution is -0.151. The van der Waals surface area contributed by atoms with Crippen molar-refractivity contribution in [3.05, 3.63) is 0 Å². The fourth-order valence-electron chi connectivity index (χ4n) is 2.03. The number of rotatable bonds is 4. The van der Waals surface area contributed by atoms with Crippen LogP contribution in [-0.2, 0) is 19.0 Å². The highest BCUT2D eigenvalue weighted by Gasteiger charge is 2.41. The monoisotopic (exact) mass is 289 g/mol. The molecule has 7 heteroatoms. The van der Waals surface area contributed by atoms with E-state index < -0.39 is 29.3 Å². The molecule has 0 radical (unpaired) electrons. The van der Waals surface area contributed by atoms with Gasteiger partial charge in [-0.15, -0.1) is 0 Å². The number of amides is 1. The van der Waals surface area contributed by atoms with Gasteiger partial charge in [0.1, 0.15) is 5.60 Å². The van der Waals surface area contributed by atoms with Crippen LogP contribution in [0.5, 0.6) is 0 Å². The van der Waals surface area contributed by atoms with Gasteiger partial charge in [-0.3, -0.25) is 0 Å². The Labute approximate surface area is 118 Å². The van der Waals surface area contributed by atoms with Crippen molar-refractivity contribution in [3.63, 3.8) is 0 Å². The highest BCUT2D eigenvalue weighted by molar-refractivity contribution is 5.74. The van der Waals surface area contributed by atoms with Crippen molar-refractivity contribution >= 4 is 12.1 Å². The van der Waals surface area contributed by atoms with Crippen LogP contribution in [0.2, 0.25) is 0 Å². The molecule has 1 saturated heterocycles. The fourth-order valence-corrected chi connectivity index (χ4v) is 2.03. The van der Waals surface area contributed by atoms with Gasteiger partial charge in [0.15, 0.2) is 6.10 Å². The Morgan fingerprint density at radius 2 is 2.10 bits per heavy atom. The van der Waals surface area contributed by atoms with Crippen molar-refractivity contribution in [1.82, 2.24) is 5.32 Å². The molecule has 0 aromatic heterocycles. The molecule has 1 aliphatic rings. The molecule has 20 heavy (non-hydrogen) atoms. The number of hydrogen-bond acceptors (Lipinski definition) is 6. The molecule has 1 amide bonds. The molecule has 1 heterocycles. The Morgan fingerprint density at radius 1 is 1.45 bits per heavy atom. The third kappa shape index (κ3) is 4.97. The smallest absolute Gasteiger partial charge is 0.408 e. The number of nitrogens with one attached hydrogen (secondary N) is 1. The largest absolute Gasteiger partial charge is 0.467 e. The summed E-state index contributed by atoms with van der Waals surface area (Å²) >= 11 is 0. The zero-order valence-electron chi connectivity index (χ0n) is 12.4. The number of alkyl carbamates (subject to hydrolysis) is 1. The van der Waals surface area contributed by atoms with Crippen LogP contribution in [-0.4, -0.2) is 54.7 Å². The van der Waals surface area contributed by atoms with Gasteiger partial charge >= 0.3 is 12.1 Å². The van der Waals surface area contributed by atoms with E-state index in [2.05, 4.69) is 10.1 Å². The highest BCUT2D eigenvalue weighted by atomic mass is 16.6. The van der Waals surface area contributed by atoms with Gasteiger partial charge in [0, 0.05) is 13.0 Å². The summed E-state index contributed by atoms with van der Waals surface area (Å²) in [6.07, 6.45) is -1.38. The van der Waals surface area contributed by atoms with Crippen LogP contribution in [0.3, 0.4) is 0 Å². The lowest BCUT2D eigenvalue weighted by Crippen LogP contribution is -2.53. The van der Waals surface area contributed by atoms with E-state index in [0.29, 0.717) is 13.0 Å². The van der Waals surface area contributed by atoms with Crippen molar-refractivity contribution < 1.29 is 28.9 Å². The SMILES string of the molecule is COC(=O)C(O)CC1(NC(=O)OC(C)(C)C)CCOC1. The van der Waals surface area contributed by atoms with E-state index in [0.717, 1.165) is 0 Å². The molecule has 116 valence electrons. The molecular weight excluding hydrogens is 266 g/mol. The number of aliphatic hydroxyl groups excluding tert-OH is 1. The van der Waals surface area contributed by atoms with Crippen LogP contribution in [0.4, 0.5) is 4.79 Å². The van der Waals surface area contributed by atoms with E-state index in [1.807, 2.05) is 0 Å². The van der Waals surface area contributed by atoms with E-state index in [-0.39, 0.29) is 13.0 Å². The average Bonchev–Trinajstić information content (AvgIpc) is 2.73. The summed E-state index contributed by atoms with van der Waals surface area (Å²) in [7, 11) is 1.20. The Balaban J connectivity index is 2.68. The van der Waals surface area contributed by atoms with Gasteiger partial charge in [-0.05, 0) is 27.2 Å². The molecule has 0 saturated carbocycles. The van der Waals surface area contributed by atoms with E-state index in [4.69, 9.17) is 9.47 Å². The normalized spacial score (nSPS) is 24.1. The zero-order chi connectivity index (χ0) is 15.4. The Kier molecular flexibility index (Phi) is 5.35. The van der Waals surface area contributed by atoms with E-state index in [1.165, 1.54) is 7.11 Å². The first-order valence-electron chi connectivity index (χ1n) is 6.52. The number of methoxy groups -OCH3 is 1. The summed E-state index contributed by atoms with van der Waals surface area (Å²) in [5.74, 6) is -0.734. The standard InChI is InChI=1S/C13H23NO6/c1-12(2,3)20-11(17)14-13(5-6-19-8-13)7-9(15)10(16)18-4/h9,15H,5-8H2,1-4H3,(H,14,17). The third-order valence-electron chi connectivity index (χ3n) is 2.93. The number of ether oxygens (including phenoxy) is 3. The summed E-state index contributed by atoms with van der Waals surface area (Å²) in [5.41, 5.74) is -1.43. The first kappa shape index (κ1) is 16.7. The van der Waals surface area contributed by atoms with Crippen LogP contribution in [0.25, 0.3) is 0 Å². The Morgan fingerprint density at radius 3 is 2.55 bits per heavy atom. The number of carbonyl (C=O) groups is 2. The van der Waals surface area contributed by atoms with E-state index >= 15 is 0 Å². The number of carbonyl (C=O) groups excluding carboxylic acids is 2. The van der Waals surface area contributed by atoms with Crippen LogP contribution in [0.15, 0.2) is 0 Å². The Bertz CT molecular complexity index is 356. The van der Waals surface area contributed by atoms with Gasteiger partial charge in [0.05, 0.1) is 19.3 Å². The molecule has 1 fully saturated rings. The second-order valence-corrected chi connectivity index (χ2v) is 5.95. The average molecular weight is 289 g/mol. The molecule has 2 unspecified atom stereocenters. The van der Waals surface area contributed by atoms with Crippen molar-refractivity contribution in [1.29, 1.82) is 0 Å². The number of hydrogen-bond donors (Lipinski definition) is 2. The molecule has 0 spiro atoms. The van der Waals surface area contributed by atoms with Crippen molar-refractivity contribution in [3.8, 4) is 0 Å². The predicted octanol–water partition coefficient (Wildman–Crippen LogP) is 0.594. The molecule has 0 aliphatic carbocycles. The van der Waals surface area contributed by atoms with Gasteiger partial charge in [0.25, 0.3) is 0 Å².